The molecule has 0 aromatic carbocycles. The van der Waals surface area contributed by atoms with Crippen molar-refractivity contribution < 1.29 is 14.6 Å². The summed E-state index contributed by atoms with van der Waals surface area (Å²) in [6, 6.07) is -0.460. The topological polar surface area (TPSA) is 75.8 Å². The number of nitrogens with zero attached hydrogens (tertiary/aromatic N) is 1. The Morgan fingerprint density at radius 2 is 2.41 bits per heavy atom. The predicted molar refractivity (Wildman–Crippen MR) is 63.4 cm³/mol. The Kier molecular flexibility index (Phi) is 3.70. The van der Waals surface area contributed by atoms with E-state index in [4.69, 9.17) is 10.5 Å². The predicted octanol–water partition coefficient (Wildman–Crippen LogP) is -0.134. The van der Waals surface area contributed by atoms with E-state index in [1.165, 1.54) is 0 Å². The summed E-state index contributed by atoms with van der Waals surface area (Å²) in [6.45, 7) is 3.62. The zero-order chi connectivity index (χ0) is 12.5. The van der Waals surface area contributed by atoms with E-state index in [0.29, 0.717) is 26.0 Å². The molecule has 2 heterocycles. The van der Waals surface area contributed by atoms with Gasteiger partial charge in [-0.05, 0) is 26.2 Å². The van der Waals surface area contributed by atoms with Crippen LogP contribution in [0.3, 0.4) is 0 Å². The Bertz CT molecular complexity index is 291. The first-order valence-electron chi connectivity index (χ1n) is 6.39. The van der Waals surface area contributed by atoms with E-state index < -0.39 is 6.04 Å². The van der Waals surface area contributed by atoms with Gasteiger partial charge in [-0.1, -0.05) is 0 Å². The number of piperidine rings is 1. The highest BCUT2D eigenvalue weighted by molar-refractivity contribution is 5.81. The van der Waals surface area contributed by atoms with E-state index in [9.17, 15) is 9.90 Å². The van der Waals surface area contributed by atoms with Crippen molar-refractivity contribution in [3.05, 3.63) is 0 Å². The van der Waals surface area contributed by atoms with E-state index in [1.807, 2.05) is 0 Å². The molecule has 0 unspecified atom stereocenters. The summed E-state index contributed by atoms with van der Waals surface area (Å²) in [5.41, 5.74) is 5.30. The summed E-state index contributed by atoms with van der Waals surface area (Å²) in [5, 5.41) is 9.75. The summed E-state index contributed by atoms with van der Waals surface area (Å²) < 4.78 is 5.84. The zero-order valence-corrected chi connectivity index (χ0v) is 10.4. The van der Waals surface area contributed by atoms with Gasteiger partial charge in [0.1, 0.15) is 0 Å². The van der Waals surface area contributed by atoms with Gasteiger partial charge in [-0.2, -0.15) is 0 Å². The van der Waals surface area contributed by atoms with Crippen molar-refractivity contribution in [1.82, 2.24) is 4.90 Å². The number of aliphatic hydroxyl groups is 1. The zero-order valence-electron chi connectivity index (χ0n) is 10.4. The number of carbonyl (C=O) groups is 1. The molecule has 98 valence electrons. The van der Waals surface area contributed by atoms with Gasteiger partial charge in [0.25, 0.3) is 0 Å². The van der Waals surface area contributed by atoms with Crippen LogP contribution in [0.4, 0.5) is 0 Å². The highest BCUT2D eigenvalue weighted by atomic mass is 16.5. The second-order valence-corrected chi connectivity index (χ2v) is 5.33. The number of ether oxygens (including phenoxy) is 1. The lowest BCUT2D eigenvalue weighted by molar-refractivity contribution is -0.161. The van der Waals surface area contributed by atoms with Crippen molar-refractivity contribution in [2.45, 2.75) is 50.4 Å². The van der Waals surface area contributed by atoms with Crippen molar-refractivity contribution in [2.24, 2.45) is 5.73 Å². The average molecular weight is 242 g/mol. The summed E-state index contributed by atoms with van der Waals surface area (Å²) in [7, 11) is 0. The number of amides is 1. The molecular formula is C12H22N2O3. The molecule has 2 aliphatic heterocycles. The minimum Gasteiger partial charge on any atom is -0.393 e. The monoisotopic (exact) mass is 242 g/mol. The fourth-order valence-corrected chi connectivity index (χ4v) is 2.86. The van der Waals surface area contributed by atoms with Crippen LogP contribution in [-0.4, -0.2) is 53.4 Å². The van der Waals surface area contributed by atoms with Gasteiger partial charge in [0.05, 0.1) is 17.7 Å². The maximum Gasteiger partial charge on any atom is 0.239 e. The van der Waals surface area contributed by atoms with Crippen molar-refractivity contribution in [3.8, 4) is 0 Å². The molecule has 2 aliphatic rings. The van der Waals surface area contributed by atoms with Crippen molar-refractivity contribution >= 4 is 5.91 Å². The highest BCUT2D eigenvalue weighted by Crippen LogP contribution is 2.33. The lowest BCUT2D eigenvalue weighted by atomic mass is 9.84. The molecule has 3 N–H and O–H groups in total. The maximum atomic E-state index is 11.9. The minimum absolute atomic E-state index is 0.0206. The van der Waals surface area contributed by atoms with Crippen LogP contribution in [0, 0.1) is 0 Å². The highest BCUT2D eigenvalue weighted by Gasteiger charge is 2.42. The standard InChI is InChI=1S/C12H22N2O3/c1-9(13)11(16)14-5-2-4-12(8-14)7-10(15)3-6-17-12/h9-10,15H,2-8,13H2,1H3/t9-,10-,12+/m0/s1. The summed E-state index contributed by atoms with van der Waals surface area (Å²) in [4.78, 5) is 13.7. The largest absolute Gasteiger partial charge is 0.393 e. The van der Waals surface area contributed by atoms with Crippen LogP contribution in [-0.2, 0) is 9.53 Å². The molecule has 0 aromatic heterocycles. The van der Waals surface area contributed by atoms with Crippen molar-refractivity contribution in [2.75, 3.05) is 19.7 Å². The van der Waals surface area contributed by atoms with E-state index in [0.717, 1.165) is 19.4 Å². The van der Waals surface area contributed by atoms with Gasteiger partial charge in [0, 0.05) is 26.1 Å². The molecule has 0 bridgehead atoms. The van der Waals surface area contributed by atoms with Gasteiger partial charge in [0.2, 0.25) is 5.91 Å². The van der Waals surface area contributed by atoms with E-state index in [-0.39, 0.29) is 17.6 Å². The van der Waals surface area contributed by atoms with Gasteiger partial charge in [-0.25, -0.2) is 0 Å². The Balaban J connectivity index is 2.03. The molecule has 0 aromatic rings. The molecule has 1 spiro atoms. The van der Waals surface area contributed by atoms with Gasteiger partial charge < -0.3 is 20.5 Å². The number of hydrogen-bond acceptors (Lipinski definition) is 4. The lowest BCUT2D eigenvalue weighted by Crippen LogP contribution is -2.57. The number of rotatable bonds is 1. The quantitative estimate of drug-likeness (QED) is 0.671. The molecule has 0 aliphatic carbocycles. The Hall–Kier alpha value is -0.650. The van der Waals surface area contributed by atoms with Crippen LogP contribution < -0.4 is 5.73 Å². The third kappa shape index (κ3) is 2.78. The number of nitrogens with two attached hydrogens (primary N) is 1. The normalized spacial score (nSPS) is 35.9. The molecule has 2 rings (SSSR count). The van der Waals surface area contributed by atoms with Gasteiger partial charge in [-0.3, -0.25) is 4.79 Å². The molecule has 17 heavy (non-hydrogen) atoms. The van der Waals surface area contributed by atoms with E-state index in [2.05, 4.69) is 0 Å². The minimum atomic E-state index is -0.460. The van der Waals surface area contributed by atoms with Crippen LogP contribution in [0.25, 0.3) is 0 Å². The average Bonchev–Trinajstić information content (AvgIpc) is 2.27. The van der Waals surface area contributed by atoms with Crippen LogP contribution in [0.1, 0.15) is 32.6 Å². The SMILES string of the molecule is C[C@H](N)C(=O)N1CCC[C@@]2(C[C@@H](O)CCO2)C1. The maximum absolute atomic E-state index is 11.9. The third-order valence-corrected chi connectivity index (χ3v) is 3.71. The number of hydrogen-bond donors (Lipinski definition) is 2. The first-order valence-corrected chi connectivity index (χ1v) is 6.39. The molecule has 5 nitrogen and oxygen atoms in total. The van der Waals surface area contributed by atoms with E-state index in [1.54, 1.807) is 11.8 Å². The Morgan fingerprint density at radius 1 is 1.65 bits per heavy atom. The van der Waals surface area contributed by atoms with Crippen LogP contribution >= 0.6 is 0 Å². The molecule has 1 amide bonds. The van der Waals surface area contributed by atoms with Crippen molar-refractivity contribution in [3.63, 3.8) is 0 Å². The second-order valence-electron chi connectivity index (χ2n) is 5.33. The fourth-order valence-electron chi connectivity index (χ4n) is 2.86. The van der Waals surface area contributed by atoms with Crippen LogP contribution in [0.15, 0.2) is 0 Å². The molecule has 0 radical (unpaired) electrons. The molecule has 2 saturated heterocycles. The van der Waals surface area contributed by atoms with Gasteiger partial charge in [0.15, 0.2) is 0 Å². The molecular weight excluding hydrogens is 220 g/mol. The number of carbonyl (C=O) groups excluding carboxylic acids is 1. The third-order valence-electron chi connectivity index (χ3n) is 3.71. The van der Waals surface area contributed by atoms with Crippen LogP contribution in [0.2, 0.25) is 0 Å². The number of likely N-dealkylation sites (tertiary alicyclic amines) is 1. The van der Waals surface area contributed by atoms with Gasteiger partial charge >= 0.3 is 0 Å². The summed E-state index contributed by atoms with van der Waals surface area (Å²) >= 11 is 0. The first-order chi connectivity index (χ1) is 8.02. The Labute approximate surface area is 102 Å². The summed E-state index contributed by atoms with van der Waals surface area (Å²) in [5.74, 6) is -0.0206. The van der Waals surface area contributed by atoms with Gasteiger partial charge in [-0.15, -0.1) is 0 Å². The summed E-state index contributed by atoms with van der Waals surface area (Å²) in [6.07, 6.45) is 2.88. The first kappa shape index (κ1) is 12.8. The van der Waals surface area contributed by atoms with E-state index >= 15 is 0 Å². The lowest BCUT2D eigenvalue weighted by Gasteiger charge is -2.46. The number of aliphatic hydroxyl groups excluding tert-OH is 1. The molecule has 5 heteroatoms. The molecule has 2 fully saturated rings. The molecule has 3 atom stereocenters. The van der Waals surface area contributed by atoms with Crippen LogP contribution in [0.5, 0.6) is 0 Å². The molecule has 0 saturated carbocycles. The second kappa shape index (κ2) is 4.92. The smallest absolute Gasteiger partial charge is 0.239 e. The van der Waals surface area contributed by atoms with Crippen molar-refractivity contribution in [1.29, 1.82) is 0 Å². The Morgan fingerprint density at radius 3 is 3.06 bits per heavy atom. The fraction of sp³-hybridized carbons (Fsp3) is 0.917.